The van der Waals surface area contributed by atoms with E-state index in [4.69, 9.17) is 0 Å². The van der Waals surface area contributed by atoms with Crippen LogP contribution in [0.5, 0.6) is 0 Å². The van der Waals surface area contributed by atoms with Crippen LogP contribution < -0.4 is 0 Å². The highest BCUT2D eigenvalue weighted by molar-refractivity contribution is 5.94. The van der Waals surface area contributed by atoms with Crippen LogP contribution in [-0.4, -0.2) is 51.2 Å². The van der Waals surface area contributed by atoms with Gasteiger partial charge >= 0.3 is 12.4 Å². The number of halogens is 6. The van der Waals surface area contributed by atoms with Crippen LogP contribution in [-0.2, 0) is 44.2 Å². The predicted molar refractivity (Wildman–Crippen MR) is 358 cm³/mol. The second kappa shape index (κ2) is 22.0. The number of H-pyrrole nitrogens is 2. The highest BCUT2D eigenvalue weighted by Crippen LogP contribution is 2.53. The minimum atomic E-state index is -4.93. The third-order valence-electron chi connectivity index (χ3n) is 21.8. The van der Waals surface area contributed by atoms with Crippen molar-refractivity contribution in [2.45, 2.75) is 174 Å². The fraction of sp³-hybridized carbons (Fsp3) is 0.382. The number of aromatic amines is 2. The zero-order chi connectivity index (χ0) is 66.6. The Morgan fingerprint density at radius 2 is 0.856 bits per heavy atom. The Kier molecular flexibility index (Phi) is 15.9. The van der Waals surface area contributed by atoms with Crippen molar-refractivity contribution in [2.75, 3.05) is 0 Å². The van der Waals surface area contributed by atoms with E-state index in [1.54, 1.807) is 50.7 Å². The highest BCUT2D eigenvalue weighted by atomic mass is 19.4. The average molecular weight is 1230 g/mol. The number of aliphatic hydroxyl groups is 2. The normalized spacial score (nSPS) is 14.9. The molecule has 1 aliphatic rings. The second-order valence-corrected chi connectivity index (χ2v) is 26.6. The van der Waals surface area contributed by atoms with Crippen molar-refractivity contribution in [1.82, 2.24) is 28.7 Å². The summed E-state index contributed by atoms with van der Waals surface area (Å²) in [5, 5.41) is 26.3. The third-order valence-corrected chi connectivity index (χ3v) is 21.8. The van der Waals surface area contributed by atoms with Crippen LogP contribution in [0.4, 0.5) is 26.3 Å². The quantitative estimate of drug-likeness (QED) is 0.125. The maximum Gasteiger partial charge on any atom is 0.427 e. The Bertz CT molecular complexity index is 4640. The Morgan fingerprint density at radius 3 is 1.34 bits per heavy atom. The van der Waals surface area contributed by atoms with E-state index >= 15 is 0 Å². The molecule has 4 N–H and O–H groups in total. The van der Waals surface area contributed by atoms with Gasteiger partial charge in [-0.3, -0.25) is 0 Å². The van der Waals surface area contributed by atoms with E-state index in [1.165, 1.54) is 63.0 Å². The molecule has 12 rings (SSSR count). The predicted octanol–water partition coefficient (Wildman–Crippen LogP) is 19.0. The van der Waals surface area contributed by atoms with Gasteiger partial charge in [-0.1, -0.05) is 12.1 Å². The van der Waals surface area contributed by atoms with Gasteiger partial charge in [0, 0.05) is 72.4 Å². The molecule has 8 nitrogen and oxygen atoms in total. The Morgan fingerprint density at radius 1 is 0.433 bits per heavy atom. The number of alkyl halides is 6. The van der Waals surface area contributed by atoms with Crippen LogP contribution in [0.25, 0.3) is 60.7 Å². The number of benzene rings is 6. The van der Waals surface area contributed by atoms with Crippen LogP contribution in [0.15, 0.2) is 66.6 Å². The minimum absolute atomic E-state index is 0.0698. The fourth-order valence-electron chi connectivity index (χ4n) is 14.9. The lowest BCUT2D eigenvalue weighted by atomic mass is 9.75. The van der Waals surface area contributed by atoms with Crippen molar-refractivity contribution < 1.29 is 36.6 Å². The first-order chi connectivity index (χ1) is 41.7. The topological polar surface area (TPSA) is 99.7 Å². The smallest absolute Gasteiger partial charge is 0.381 e. The molecule has 5 aromatic heterocycles. The van der Waals surface area contributed by atoms with Gasteiger partial charge in [0.25, 0.3) is 0 Å². The largest absolute Gasteiger partial charge is 0.427 e. The summed E-state index contributed by atoms with van der Waals surface area (Å²) in [6.45, 7) is 39.0. The second-order valence-electron chi connectivity index (χ2n) is 26.6. The number of nitrogens with one attached hydrogen (secondary N) is 2. The van der Waals surface area contributed by atoms with Gasteiger partial charge in [-0.25, -0.2) is 4.98 Å². The van der Waals surface area contributed by atoms with Crippen LogP contribution in [0.3, 0.4) is 0 Å². The van der Waals surface area contributed by atoms with Crippen molar-refractivity contribution in [3.8, 4) is 0 Å². The third kappa shape index (κ3) is 9.57. The number of fused-ring (bicyclic) bond motifs is 6. The number of imidazole rings is 1. The summed E-state index contributed by atoms with van der Waals surface area (Å²) in [6.07, 6.45) is -0.767. The van der Waals surface area contributed by atoms with Gasteiger partial charge in [0.05, 0.1) is 33.3 Å². The zero-order valence-corrected chi connectivity index (χ0v) is 56.5. The standard InChI is InChI=1S/C26H31NO.C25H28F3N3.C25H27F3N2O/c1-14-11-20-12-21(13-23(20)17(4)15(14)2)26(7,28)24-18(5)16(3)19(6)25-22(24)9-10-27(25)8;1-12-11-19-21(16(5)13(12)2)30-23(29-19)24(7,25(26,27)28)20-15(4)14(3)17(6)22-18(20)9-10-31(22)8;1-12-10-20-19(15(4)13(12)2)11-21(29-20)24(31,25(26,27)28)22-16(5)14(3)17(6)23-18(22)8-9-30(23)7/h9-11,13,28H,12H2,1-8H3;9-11H,1-8H3,(H,29,30);8-11,29,31H,1-7H3. The first kappa shape index (κ1) is 65.2. The Labute approximate surface area is 524 Å². The number of nitrogens with zero attached hydrogens (tertiary/aromatic N) is 4. The van der Waals surface area contributed by atoms with E-state index in [0.717, 1.165) is 84.1 Å². The summed E-state index contributed by atoms with van der Waals surface area (Å²) in [7, 11) is 5.76. The first-order valence-corrected chi connectivity index (χ1v) is 30.8. The fourth-order valence-corrected chi connectivity index (χ4v) is 14.9. The summed E-state index contributed by atoms with van der Waals surface area (Å²) in [6, 6.07) is 13.1. The molecular formula is C76H86F6N6O2. The van der Waals surface area contributed by atoms with E-state index in [0.29, 0.717) is 49.4 Å². The van der Waals surface area contributed by atoms with Gasteiger partial charge in [-0.15, -0.1) is 0 Å². The molecular weight excluding hydrogens is 1140 g/mol. The molecule has 6 aromatic carbocycles. The first-order valence-electron chi connectivity index (χ1n) is 30.8. The number of aromatic nitrogens is 6. The van der Waals surface area contributed by atoms with Gasteiger partial charge in [0.1, 0.15) is 16.8 Å². The van der Waals surface area contributed by atoms with Gasteiger partial charge in [0.2, 0.25) is 5.60 Å². The molecule has 5 heterocycles. The van der Waals surface area contributed by atoms with Gasteiger partial charge < -0.3 is 33.9 Å². The molecule has 0 fully saturated rings. The number of aryl methyl sites for hydroxylation is 11. The van der Waals surface area contributed by atoms with Crippen molar-refractivity contribution in [3.05, 3.63) is 206 Å². The SMILES string of the molecule is Cc1cc2[nH]c(C(C)(c3c(C)c(C)c(C)c4c3ccn4C)C(F)(F)F)nc2c(C)c1C.Cc1cc2[nH]c(C(O)(c3c(C)c(C)c(C)c4c3ccn4C)C(F)(F)F)cc2c(C)c1C.Cc1cc2c(c(C)c1C)C=C(C(C)(O)c1c(C)c(C)c(C)c3c1ccn3C)C2. The molecule has 0 saturated carbocycles. The molecule has 0 spiro atoms. The van der Waals surface area contributed by atoms with Crippen molar-refractivity contribution in [3.63, 3.8) is 0 Å². The summed E-state index contributed by atoms with van der Waals surface area (Å²) in [4.78, 5) is 10.5. The Balaban J connectivity index is 0.000000149. The lowest BCUT2D eigenvalue weighted by Crippen LogP contribution is -2.44. The molecule has 0 saturated heterocycles. The summed E-state index contributed by atoms with van der Waals surface area (Å²) in [5.74, 6) is -0.0698. The number of rotatable bonds is 6. The number of hydrogen-bond acceptors (Lipinski definition) is 3. The lowest BCUT2D eigenvalue weighted by Gasteiger charge is -2.34. The van der Waals surface area contributed by atoms with Crippen molar-refractivity contribution in [2.24, 2.45) is 21.1 Å². The summed E-state index contributed by atoms with van der Waals surface area (Å²) >= 11 is 0. The lowest BCUT2D eigenvalue weighted by molar-refractivity contribution is -0.249. The van der Waals surface area contributed by atoms with Crippen molar-refractivity contribution in [1.29, 1.82) is 0 Å². The molecule has 0 aliphatic heterocycles. The summed E-state index contributed by atoms with van der Waals surface area (Å²) < 4.78 is 94.9. The van der Waals surface area contributed by atoms with E-state index in [-0.39, 0.29) is 22.6 Å². The van der Waals surface area contributed by atoms with Crippen LogP contribution in [0.2, 0.25) is 0 Å². The molecule has 90 heavy (non-hydrogen) atoms. The molecule has 0 amide bonds. The van der Waals surface area contributed by atoms with Crippen LogP contribution >= 0.6 is 0 Å². The molecule has 0 radical (unpaired) electrons. The maximum absolute atomic E-state index is 14.9. The van der Waals surface area contributed by atoms with Gasteiger partial charge in [-0.2, -0.15) is 26.3 Å². The van der Waals surface area contributed by atoms with E-state index in [2.05, 4.69) is 92.5 Å². The molecule has 14 heteroatoms. The van der Waals surface area contributed by atoms with Crippen LogP contribution in [0, 0.1) is 125 Å². The molecule has 11 aromatic rings. The van der Waals surface area contributed by atoms with E-state index in [1.807, 2.05) is 99.2 Å². The maximum atomic E-state index is 14.9. The molecule has 0 bridgehead atoms. The zero-order valence-electron chi connectivity index (χ0n) is 56.5. The highest BCUT2D eigenvalue weighted by Gasteiger charge is 2.60. The molecule has 3 atom stereocenters. The molecule has 3 unspecified atom stereocenters. The molecule has 1 aliphatic carbocycles. The Hall–Kier alpha value is -7.81. The monoisotopic (exact) mass is 1230 g/mol. The van der Waals surface area contributed by atoms with Crippen molar-refractivity contribution >= 4 is 60.7 Å². The summed E-state index contributed by atoms with van der Waals surface area (Å²) in [5.41, 5.74) is 21.1. The van der Waals surface area contributed by atoms with Crippen LogP contribution in [0.1, 0.15) is 153 Å². The number of hydrogen-bond donors (Lipinski definition) is 4. The van der Waals surface area contributed by atoms with E-state index < -0.39 is 29.0 Å². The van der Waals surface area contributed by atoms with E-state index in [9.17, 15) is 36.6 Å². The van der Waals surface area contributed by atoms with Gasteiger partial charge in [-0.05, 0) is 309 Å². The average Bonchev–Trinajstić information content (AvgIpc) is 1.04. The molecule has 474 valence electrons. The minimum Gasteiger partial charge on any atom is -0.381 e. The van der Waals surface area contributed by atoms with Gasteiger partial charge in [0.15, 0.2) is 0 Å².